The lowest BCUT2D eigenvalue weighted by molar-refractivity contribution is 0.135. The van der Waals surface area contributed by atoms with Crippen LogP contribution in [0.2, 0.25) is 0 Å². The maximum atomic E-state index is 9.42. The Balaban J connectivity index is 2.21. The van der Waals surface area contributed by atoms with E-state index in [2.05, 4.69) is 9.80 Å². The van der Waals surface area contributed by atoms with Crippen LogP contribution in [0.4, 0.5) is 5.69 Å². The highest BCUT2D eigenvalue weighted by atomic mass is 16.5. The van der Waals surface area contributed by atoms with E-state index in [1.165, 1.54) is 0 Å². The quantitative estimate of drug-likeness (QED) is 0.874. The number of rotatable bonds is 4. The SMILES string of the molecule is COc1ccc(N2CCN(C)C(CO)C2)c(OC)c1. The summed E-state index contributed by atoms with van der Waals surface area (Å²) in [6.45, 7) is 2.83. The zero-order chi connectivity index (χ0) is 13.8. The number of aliphatic hydroxyl groups excluding tert-OH is 1. The summed E-state index contributed by atoms with van der Waals surface area (Å²) in [5.74, 6) is 1.59. The van der Waals surface area contributed by atoms with Crippen LogP contribution in [0.15, 0.2) is 18.2 Å². The molecule has 1 N–H and O–H groups in total. The second-order valence-corrected chi connectivity index (χ2v) is 4.80. The molecule has 0 amide bonds. The van der Waals surface area contributed by atoms with Crippen LogP contribution >= 0.6 is 0 Å². The Labute approximate surface area is 114 Å². The van der Waals surface area contributed by atoms with Gasteiger partial charge in [0.1, 0.15) is 11.5 Å². The van der Waals surface area contributed by atoms with Gasteiger partial charge in [-0.3, -0.25) is 4.90 Å². The number of piperazine rings is 1. The molecule has 1 unspecified atom stereocenters. The molecule has 1 aliphatic heterocycles. The number of methoxy groups -OCH3 is 2. The molecule has 19 heavy (non-hydrogen) atoms. The summed E-state index contributed by atoms with van der Waals surface area (Å²) in [5, 5.41) is 9.42. The number of ether oxygens (including phenoxy) is 2. The van der Waals surface area contributed by atoms with Crippen molar-refractivity contribution < 1.29 is 14.6 Å². The van der Waals surface area contributed by atoms with Gasteiger partial charge >= 0.3 is 0 Å². The molecule has 5 nitrogen and oxygen atoms in total. The Bertz CT molecular complexity index is 425. The highest BCUT2D eigenvalue weighted by Gasteiger charge is 2.25. The molecule has 0 bridgehead atoms. The van der Waals surface area contributed by atoms with E-state index in [0.29, 0.717) is 0 Å². The van der Waals surface area contributed by atoms with Gasteiger partial charge in [0, 0.05) is 25.7 Å². The molecule has 1 fully saturated rings. The second-order valence-electron chi connectivity index (χ2n) is 4.80. The average molecular weight is 266 g/mol. The molecule has 0 spiro atoms. The number of hydrogen-bond donors (Lipinski definition) is 1. The van der Waals surface area contributed by atoms with Crippen LogP contribution in [0.25, 0.3) is 0 Å². The highest BCUT2D eigenvalue weighted by molar-refractivity contribution is 5.61. The van der Waals surface area contributed by atoms with Crippen molar-refractivity contribution in [3.8, 4) is 11.5 Å². The Hall–Kier alpha value is -1.46. The van der Waals surface area contributed by atoms with E-state index < -0.39 is 0 Å². The summed E-state index contributed by atoms with van der Waals surface area (Å²) >= 11 is 0. The normalized spacial score (nSPS) is 20.4. The largest absolute Gasteiger partial charge is 0.497 e. The number of benzene rings is 1. The molecule has 1 aliphatic rings. The van der Waals surface area contributed by atoms with Gasteiger partial charge in [-0.1, -0.05) is 0 Å². The standard InChI is InChI=1S/C14H22N2O3/c1-15-6-7-16(9-11(15)10-17)13-5-4-12(18-2)8-14(13)19-3/h4-5,8,11,17H,6-7,9-10H2,1-3H3. The van der Waals surface area contributed by atoms with Gasteiger partial charge in [0.05, 0.1) is 32.6 Å². The van der Waals surface area contributed by atoms with Crippen LogP contribution < -0.4 is 14.4 Å². The van der Waals surface area contributed by atoms with Gasteiger partial charge in [-0.2, -0.15) is 0 Å². The molecule has 0 radical (unpaired) electrons. The van der Waals surface area contributed by atoms with Crippen molar-refractivity contribution >= 4 is 5.69 Å². The van der Waals surface area contributed by atoms with Crippen LogP contribution in [-0.2, 0) is 0 Å². The third-order valence-corrected chi connectivity index (χ3v) is 3.72. The summed E-state index contributed by atoms with van der Waals surface area (Å²) in [5.41, 5.74) is 1.05. The van der Waals surface area contributed by atoms with Crippen LogP contribution in [0.5, 0.6) is 11.5 Å². The summed E-state index contributed by atoms with van der Waals surface area (Å²) in [6, 6.07) is 6.00. The Morgan fingerprint density at radius 1 is 1.26 bits per heavy atom. The predicted octanol–water partition coefficient (Wildman–Crippen LogP) is 0.816. The van der Waals surface area contributed by atoms with Crippen molar-refractivity contribution in [1.29, 1.82) is 0 Å². The van der Waals surface area contributed by atoms with Gasteiger partial charge in [0.15, 0.2) is 0 Å². The fourth-order valence-corrected chi connectivity index (χ4v) is 2.41. The molecule has 2 rings (SSSR count). The van der Waals surface area contributed by atoms with E-state index in [0.717, 1.165) is 36.8 Å². The molecule has 1 heterocycles. The maximum Gasteiger partial charge on any atom is 0.145 e. The lowest BCUT2D eigenvalue weighted by Gasteiger charge is -2.40. The van der Waals surface area contributed by atoms with Crippen LogP contribution in [-0.4, -0.2) is 63.6 Å². The Kier molecular flexibility index (Phi) is 4.50. The van der Waals surface area contributed by atoms with Crippen molar-refractivity contribution in [3.63, 3.8) is 0 Å². The fourth-order valence-electron chi connectivity index (χ4n) is 2.41. The van der Waals surface area contributed by atoms with E-state index >= 15 is 0 Å². The Morgan fingerprint density at radius 3 is 2.68 bits per heavy atom. The van der Waals surface area contributed by atoms with Crippen molar-refractivity contribution in [1.82, 2.24) is 4.90 Å². The topological polar surface area (TPSA) is 45.2 Å². The molecule has 0 aromatic heterocycles. The highest BCUT2D eigenvalue weighted by Crippen LogP contribution is 2.33. The average Bonchev–Trinajstić information content (AvgIpc) is 2.47. The van der Waals surface area contributed by atoms with E-state index in [4.69, 9.17) is 9.47 Å². The van der Waals surface area contributed by atoms with Crippen molar-refractivity contribution in [2.45, 2.75) is 6.04 Å². The van der Waals surface area contributed by atoms with Gasteiger partial charge in [-0.05, 0) is 19.2 Å². The third kappa shape index (κ3) is 2.93. The maximum absolute atomic E-state index is 9.42. The minimum absolute atomic E-state index is 0.167. The Morgan fingerprint density at radius 2 is 2.05 bits per heavy atom. The van der Waals surface area contributed by atoms with E-state index in [-0.39, 0.29) is 12.6 Å². The van der Waals surface area contributed by atoms with Gasteiger partial charge < -0.3 is 19.5 Å². The van der Waals surface area contributed by atoms with Crippen molar-refractivity contribution in [3.05, 3.63) is 18.2 Å². The monoisotopic (exact) mass is 266 g/mol. The number of likely N-dealkylation sites (N-methyl/N-ethyl adjacent to an activating group) is 1. The van der Waals surface area contributed by atoms with Crippen LogP contribution in [0.3, 0.4) is 0 Å². The summed E-state index contributed by atoms with van der Waals surface area (Å²) in [4.78, 5) is 4.44. The molecule has 1 aromatic rings. The number of aliphatic hydroxyl groups is 1. The minimum Gasteiger partial charge on any atom is -0.497 e. The third-order valence-electron chi connectivity index (χ3n) is 3.72. The molecule has 1 saturated heterocycles. The predicted molar refractivity (Wildman–Crippen MR) is 75.3 cm³/mol. The van der Waals surface area contributed by atoms with Gasteiger partial charge in [0.25, 0.3) is 0 Å². The van der Waals surface area contributed by atoms with Crippen LogP contribution in [0.1, 0.15) is 0 Å². The van der Waals surface area contributed by atoms with Gasteiger partial charge in [-0.25, -0.2) is 0 Å². The zero-order valence-electron chi connectivity index (χ0n) is 11.8. The second kappa shape index (κ2) is 6.12. The molecular weight excluding hydrogens is 244 g/mol. The van der Waals surface area contributed by atoms with Gasteiger partial charge in [0.2, 0.25) is 0 Å². The lowest BCUT2D eigenvalue weighted by atomic mass is 10.1. The van der Waals surface area contributed by atoms with Crippen molar-refractivity contribution in [2.24, 2.45) is 0 Å². The number of anilines is 1. The summed E-state index contributed by atoms with van der Waals surface area (Å²) in [7, 11) is 5.35. The fraction of sp³-hybridized carbons (Fsp3) is 0.571. The molecule has 106 valence electrons. The van der Waals surface area contributed by atoms with E-state index in [9.17, 15) is 5.11 Å². The number of hydrogen-bond acceptors (Lipinski definition) is 5. The minimum atomic E-state index is 0.167. The first-order chi connectivity index (χ1) is 9.19. The first kappa shape index (κ1) is 14.0. The molecule has 0 saturated carbocycles. The van der Waals surface area contributed by atoms with Crippen molar-refractivity contribution in [2.75, 3.05) is 52.4 Å². The molecule has 1 aromatic carbocycles. The van der Waals surface area contributed by atoms with E-state index in [1.807, 2.05) is 25.2 Å². The van der Waals surface area contributed by atoms with Crippen LogP contribution in [0, 0.1) is 0 Å². The number of nitrogens with zero attached hydrogens (tertiary/aromatic N) is 2. The zero-order valence-corrected chi connectivity index (χ0v) is 11.8. The molecular formula is C14H22N2O3. The lowest BCUT2D eigenvalue weighted by Crippen LogP contribution is -2.53. The first-order valence-electron chi connectivity index (χ1n) is 6.47. The summed E-state index contributed by atoms with van der Waals surface area (Å²) in [6.07, 6.45) is 0. The van der Waals surface area contributed by atoms with E-state index in [1.54, 1.807) is 14.2 Å². The smallest absolute Gasteiger partial charge is 0.145 e. The molecule has 1 atom stereocenters. The van der Waals surface area contributed by atoms with Gasteiger partial charge in [-0.15, -0.1) is 0 Å². The summed E-state index contributed by atoms with van der Waals surface area (Å²) < 4.78 is 10.7. The molecule has 5 heteroatoms. The molecule has 0 aliphatic carbocycles. The first-order valence-corrected chi connectivity index (χ1v) is 6.47.